The number of aliphatic hydroxyl groups is 1. The van der Waals surface area contributed by atoms with E-state index in [4.69, 9.17) is 9.47 Å². The van der Waals surface area contributed by atoms with Crippen LogP contribution in [0.3, 0.4) is 0 Å². The zero-order valence-corrected chi connectivity index (χ0v) is 25.9. The van der Waals surface area contributed by atoms with Gasteiger partial charge in [-0.25, -0.2) is 14.6 Å². The molecule has 2 fully saturated rings. The average molecular weight is 659 g/mol. The Morgan fingerprint density at radius 3 is 2.53 bits per heavy atom. The summed E-state index contributed by atoms with van der Waals surface area (Å²) in [5, 5.41) is 14.9. The molecule has 0 radical (unpaired) electrons. The number of imidazole rings is 1. The van der Waals surface area contributed by atoms with Gasteiger partial charge in [0, 0.05) is 44.8 Å². The average Bonchev–Trinajstić information content (AvgIpc) is 3.50. The van der Waals surface area contributed by atoms with E-state index in [0.717, 1.165) is 18.4 Å². The lowest BCUT2D eigenvalue weighted by Crippen LogP contribution is -2.54. The molecule has 47 heavy (non-hydrogen) atoms. The van der Waals surface area contributed by atoms with Crippen LogP contribution in [-0.4, -0.2) is 95.2 Å². The van der Waals surface area contributed by atoms with Crippen LogP contribution in [0.2, 0.25) is 0 Å². The van der Waals surface area contributed by atoms with Crippen molar-refractivity contribution in [1.29, 1.82) is 0 Å². The molecule has 1 aromatic heterocycles. The number of halogens is 3. The smallest absolute Gasteiger partial charge is 0.491 e. The molecule has 1 amide bonds. The first-order chi connectivity index (χ1) is 22.5. The third-order valence-corrected chi connectivity index (χ3v) is 8.57. The van der Waals surface area contributed by atoms with Crippen molar-refractivity contribution >= 4 is 17.8 Å². The predicted octanol–water partition coefficient (Wildman–Crippen LogP) is 4.17. The Balaban J connectivity index is 1.30. The van der Waals surface area contributed by atoms with Crippen LogP contribution in [0.15, 0.2) is 60.9 Å². The number of rotatable bonds is 10. The van der Waals surface area contributed by atoms with Gasteiger partial charge in [0.1, 0.15) is 11.4 Å². The molecule has 1 aliphatic heterocycles. The van der Waals surface area contributed by atoms with Gasteiger partial charge in [0.2, 0.25) is 0 Å². The molecule has 3 aromatic rings. The summed E-state index contributed by atoms with van der Waals surface area (Å²) in [5.74, 6) is -3.92. The number of amides is 1. The quantitative estimate of drug-likeness (QED) is 0.243. The zero-order chi connectivity index (χ0) is 33.6. The van der Waals surface area contributed by atoms with Gasteiger partial charge in [0.15, 0.2) is 5.69 Å². The van der Waals surface area contributed by atoms with E-state index >= 15 is 0 Å². The number of esters is 2. The van der Waals surface area contributed by atoms with Crippen LogP contribution >= 0.6 is 0 Å². The maximum Gasteiger partial charge on any atom is 0.491 e. The summed E-state index contributed by atoms with van der Waals surface area (Å²) in [6.07, 6.45) is -0.101. The van der Waals surface area contributed by atoms with Crippen molar-refractivity contribution < 1.29 is 46.9 Å². The lowest BCUT2D eigenvalue weighted by Gasteiger charge is -2.41. The molecule has 2 N–H and O–H groups in total. The number of hydrogen-bond acceptors (Lipinski definition) is 9. The van der Waals surface area contributed by atoms with Crippen molar-refractivity contribution in [2.24, 2.45) is 0 Å². The van der Waals surface area contributed by atoms with Crippen LogP contribution in [0, 0.1) is 0 Å². The highest BCUT2D eigenvalue weighted by atomic mass is 19.4. The number of benzene rings is 2. The summed E-state index contributed by atoms with van der Waals surface area (Å²) in [5.41, 5.74) is 0.391. The molecular formula is C33H37F3N4O7. The highest BCUT2D eigenvalue weighted by Crippen LogP contribution is 2.41. The molecule has 11 nitrogen and oxygen atoms in total. The largest absolute Gasteiger partial charge is 0.494 e. The second-order valence-corrected chi connectivity index (χ2v) is 11.7. The Bertz CT molecular complexity index is 1540. The first kappa shape index (κ1) is 34.1. The van der Waals surface area contributed by atoms with Crippen molar-refractivity contribution in [3.8, 4) is 17.0 Å². The van der Waals surface area contributed by atoms with Crippen molar-refractivity contribution in [3.05, 3.63) is 72.2 Å². The topological polar surface area (TPSA) is 132 Å². The van der Waals surface area contributed by atoms with Crippen LogP contribution in [0.4, 0.5) is 13.2 Å². The molecule has 2 heterocycles. The molecule has 2 aromatic carbocycles. The first-order valence-corrected chi connectivity index (χ1v) is 15.4. The number of nitrogens with one attached hydrogen (secondary N) is 1. The Morgan fingerprint density at radius 1 is 1.09 bits per heavy atom. The number of aromatic nitrogens is 2. The van der Waals surface area contributed by atoms with Crippen molar-refractivity contribution in [2.75, 3.05) is 40.0 Å². The van der Waals surface area contributed by atoms with Crippen LogP contribution in [0.1, 0.15) is 59.0 Å². The molecule has 3 atom stereocenters. The normalized spacial score (nSPS) is 21.7. The Morgan fingerprint density at radius 2 is 1.83 bits per heavy atom. The van der Waals surface area contributed by atoms with Gasteiger partial charge < -0.3 is 34.1 Å². The lowest BCUT2D eigenvalue weighted by atomic mass is 9.80. The number of ether oxygens (including phenoxy) is 3. The third-order valence-electron chi connectivity index (χ3n) is 8.57. The maximum absolute atomic E-state index is 14.2. The second-order valence-electron chi connectivity index (χ2n) is 11.7. The fourth-order valence-electron chi connectivity index (χ4n) is 6.28. The Labute approximate surface area is 269 Å². The second kappa shape index (κ2) is 14.7. The number of nitrogens with zero attached hydrogens (tertiary/aromatic N) is 3. The van der Waals surface area contributed by atoms with E-state index in [9.17, 15) is 32.7 Å². The van der Waals surface area contributed by atoms with Crippen LogP contribution in [0.25, 0.3) is 11.3 Å². The highest BCUT2D eigenvalue weighted by molar-refractivity contribution is 5.99. The molecular weight excluding hydrogens is 621 g/mol. The molecule has 1 saturated carbocycles. The summed E-state index contributed by atoms with van der Waals surface area (Å²) in [4.78, 5) is 43.4. The molecule has 5 rings (SSSR count). The van der Waals surface area contributed by atoms with Gasteiger partial charge >= 0.3 is 18.1 Å². The van der Waals surface area contributed by atoms with Crippen molar-refractivity contribution in [1.82, 2.24) is 19.8 Å². The molecule has 1 aliphatic carbocycles. The van der Waals surface area contributed by atoms with Gasteiger partial charge in [-0.3, -0.25) is 4.79 Å². The molecule has 0 bridgehead atoms. The lowest BCUT2D eigenvalue weighted by molar-refractivity contribution is -0.193. The summed E-state index contributed by atoms with van der Waals surface area (Å²) >= 11 is 0. The Kier molecular flexibility index (Phi) is 10.6. The van der Waals surface area contributed by atoms with E-state index in [2.05, 4.69) is 15.0 Å². The van der Waals surface area contributed by atoms with Gasteiger partial charge in [-0.15, -0.1) is 0 Å². The molecule has 0 unspecified atom stereocenters. The van der Waals surface area contributed by atoms with Crippen LogP contribution < -0.4 is 10.1 Å². The number of carbonyl (C=O) groups excluding carboxylic acids is 3. The van der Waals surface area contributed by atoms with E-state index in [1.54, 1.807) is 18.3 Å². The number of hydrogen-bond donors (Lipinski definition) is 2. The van der Waals surface area contributed by atoms with Crippen LogP contribution in [-0.2, 0) is 14.3 Å². The number of piperazine rings is 1. The van der Waals surface area contributed by atoms with Crippen molar-refractivity contribution in [3.63, 3.8) is 0 Å². The van der Waals surface area contributed by atoms with E-state index in [-0.39, 0.29) is 36.8 Å². The number of alkyl halides is 3. The van der Waals surface area contributed by atoms with E-state index in [0.29, 0.717) is 56.0 Å². The first-order valence-electron chi connectivity index (χ1n) is 15.4. The van der Waals surface area contributed by atoms with E-state index < -0.39 is 23.7 Å². The maximum atomic E-state index is 14.2. The van der Waals surface area contributed by atoms with Gasteiger partial charge in [0.05, 0.1) is 36.8 Å². The summed E-state index contributed by atoms with van der Waals surface area (Å²) in [7, 11) is 1.57. The standard InChI is InChI=1S/C33H37F3N4O7/c1-45-20-32(44)15-6-5-9-26(32)40-21-38-27(28(40)22-7-3-2-4-8-22)29(41)39-17-16-37-19-24(39)14-18-46-25-12-10-23(11-13-25)30(42)47-31(43)33(34,35)36/h2-4,7-8,10-13,21,24,26,37,44H,5-6,9,14-20H2,1H3/t24-,26-,32-/m1/s1. The molecule has 1 saturated heterocycles. The minimum Gasteiger partial charge on any atom is -0.494 e. The van der Waals surface area contributed by atoms with Gasteiger partial charge in [-0.1, -0.05) is 43.2 Å². The minimum absolute atomic E-state index is 0.164. The SMILES string of the molecule is COC[C@]1(O)CCCC[C@H]1n1cnc(C(=O)N2CCNC[C@H]2CCOc2ccc(C(=O)OC(=O)C(F)(F)F)cc2)c1-c1ccccc1. The van der Waals surface area contributed by atoms with Gasteiger partial charge in [-0.05, 0) is 37.1 Å². The summed E-state index contributed by atoms with van der Waals surface area (Å²) in [6, 6.07) is 14.1. The summed E-state index contributed by atoms with van der Waals surface area (Å²) < 4.78 is 54.2. The van der Waals surface area contributed by atoms with Crippen LogP contribution in [0.5, 0.6) is 5.75 Å². The molecule has 2 aliphatic rings. The molecule has 0 spiro atoms. The fourth-order valence-corrected chi connectivity index (χ4v) is 6.28. The number of carbonyl (C=O) groups is 3. The predicted molar refractivity (Wildman–Crippen MR) is 163 cm³/mol. The van der Waals surface area contributed by atoms with E-state index in [1.165, 1.54) is 24.3 Å². The minimum atomic E-state index is -5.28. The van der Waals surface area contributed by atoms with Gasteiger partial charge in [-0.2, -0.15) is 13.2 Å². The summed E-state index contributed by atoms with van der Waals surface area (Å²) in [6.45, 7) is 1.91. The molecule has 14 heteroatoms. The fraction of sp³-hybridized carbons (Fsp3) is 0.455. The highest BCUT2D eigenvalue weighted by Gasteiger charge is 2.43. The van der Waals surface area contributed by atoms with E-state index in [1.807, 2.05) is 34.9 Å². The van der Waals surface area contributed by atoms with Crippen molar-refractivity contribution in [2.45, 2.75) is 56.0 Å². The monoisotopic (exact) mass is 658 g/mol. The third kappa shape index (κ3) is 7.83. The number of methoxy groups -OCH3 is 1. The molecule has 252 valence electrons. The Hall–Kier alpha value is -4.27. The van der Waals surface area contributed by atoms with Gasteiger partial charge in [0.25, 0.3) is 5.91 Å². The zero-order valence-electron chi connectivity index (χ0n) is 25.9.